The van der Waals surface area contributed by atoms with Gasteiger partial charge in [0.05, 0.1) is 26.1 Å². The van der Waals surface area contributed by atoms with Gasteiger partial charge >= 0.3 is 18.3 Å². The van der Waals surface area contributed by atoms with Gasteiger partial charge < -0.3 is 34.5 Å². The molecule has 1 saturated heterocycles. The number of nitrogens with zero attached hydrogens (tertiary/aromatic N) is 4. The first-order chi connectivity index (χ1) is 20.3. The van der Waals surface area contributed by atoms with E-state index in [1.807, 2.05) is 0 Å². The Morgan fingerprint density at radius 2 is 1.74 bits per heavy atom. The number of carbonyl (C=O) groups is 2. The third-order valence-electron chi connectivity index (χ3n) is 6.30. The van der Waals surface area contributed by atoms with E-state index in [4.69, 9.17) is 36.3 Å². The number of halogens is 5. The first kappa shape index (κ1) is 32.1. The van der Waals surface area contributed by atoms with Crippen LogP contribution < -0.4 is 10.5 Å². The summed E-state index contributed by atoms with van der Waals surface area (Å²) in [5.74, 6) is -2.99. The van der Waals surface area contributed by atoms with Crippen LogP contribution in [0.4, 0.5) is 23.4 Å². The zero-order valence-corrected chi connectivity index (χ0v) is 23.3. The van der Waals surface area contributed by atoms with Crippen LogP contribution in [0.5, 0.6) is 5.75 Å². The Labute approximate surface area is 245 Å². The van der Waals surface area contributed by atoms with E-state index in [1.165, 1.54) is 26.0 Å². The highest BCUT2D eigenvalue weighted by molar-refractivity contribution is 6.28. The summed E-state index contributed by atoms with van der Waals surface area (Å²) in [6.45, 7) is 1.85. The summed E-state index contributed by atoms with van der Waals surface area (Å²) in [4.78, 5) is 38.2. The summed E-state index contributed by atoms with van der Waals surface area (Å²) >= 11 is 5.88. The lowest BCUT2D eigenvalue weighted by molar-refractivity contribution is -0.274. The van der Waals surface area contributed by atoms with Crippen molar-refractivity contribution in [2.24, 2.45) is 0 Å². The topological polar surface area (TPSA) is 170 Å². The number of benzene rings is 1. The average molecular weight is 636 g/mol. The third-order valence-corrected chi connectivity index (χ3v) is 6.47. The van der Waals surface area contributed by atoms with Crippen LogP contribution in [0, 0.1) is 0 Å². The lowest BCUT2D eigenvalue weighted by Crippen LogP contribution is -2.54. The van der Waals surface area contributed by atoms with E-state index in [9.17, 15) is 27.9 Å². The Hall–Kier alpha value is -3.80. The van der Waals surface area contributed by atoms with Gasteiger partial charge in [-0.1, -0.05) is 12.1 Å². The van der Waals surface area contributed by atoms with Gasteiger partial charge in [-0.15, -0.1) is 13.2 Å². The second-order valence-electron chi connectivity index (χ2n) is 9.15. The van der Waals surface area contributed by atoms with Crippen molar-refractivity contribution in [3.63, 3.8) is 0 Å². The summed E-state index contributed by atoms with van der Waals surface area (Å²) in [5.41, 5.74) is 3.56. The smallest absolute Gasteiger partial charge is 0.463 e. The van der Waals surface area contributed by atoms with E-state index in [0.717, 1.165) is 23.0 Å². The minimum absolute atomic E-state index is 0.0178. The van der Waals surface area contributed by atoms with Gasteiger partial charge in [0.1, 0.15) is 23.5 Å². The summed E-state index contributed by atoms with van der Waals surface area (Å²) < 4.78 is 79.7. The Kier molecular flexibility index (Phi) is 9.58. The minimum Gasteiger partial charge on any atom is -0.463 e. The average Bonchev–Trinajstić information content (AvgIpc) is 3.47. The normalized spacial score (nSPS) is 20.7. The minimum atomic E-state index is -4.94. The summed E-state index contributed by atoms with van der Waals surface area (Å²) in [6.07, 6.45) is -11.2. The SMILES string of the molecule is CCOC(=O)C(Cc1ccc(OC(F)(F)F)cc1)(OC[C@H]1O[C@@H](n2cnc3c(N)nc(Cl)nc32)[C@@H](F)[C@@H]1O)C(=O)OCC. The number of esters is 2. The largest absolute Gasteiger partial charge is 0.573 e. The fraction of sp³-hybridized carbons (Fsp3) is 0.480. The van der Waals surface area contributed by atoms with Crippen molar-refractivity contribution < 1.29 is 55.9 Å². The first-order valence-electron chi connectivity index (χ1n) is 12.8. The predicted octanol–water partition coefficient (Wildman–Crippen LogP) is 2.68. The van der Waals surface area contributed by atoms with Crippen LogP contribution in [0.15, 0.2) is 30.6 Å². The van der Waals surface area contributed by atoms with Gasteiger partial charge in [-0.2, -0.15) is 9.97 Å². The molecule has 0 radical (unpaired) electrons. The maximum atomic E-state index is 15.3. The molecule has 234 valence electrons. The fourth-order valence-electron chi connectivity index (χ4n) is 4.37. The highest BCUT2D eigenvalue weighted by Crippen LogP contribution is 2.36. The van der Waals surface area contributed by atoms with Crippen molar-refractivity contribution in [3.05, 3.63) is 41.4 Å². The van der Waals surface area contributed by atoms with Crippen molar-refractivity contribution in [2.45, 2.75) is 56.8 Å². The van der Waals surface area contributed by atoms with Gasteiger partial charge in [0.2, 0.25) is 5.28 Å². The zero-order chi connectivity index (χ0) is 31.5. The van der Waals surface area contributed by atoms with Gasteiger partial charge in [0, 0.05) is 6.42 Å². The van der Waals surface area contributed by atoms with E-state index >= 15 is 4.39 Å². The molecule has 0 amide bonds. The molecule has 0 bridgehead atoms. The highest BCUT2D eigenvalue weighted by Gasteiger charge is 2.53. The number of alkyl halides is 4. The van der Waals surface area contributed by atoms with Crippen LogP contribution in [0.3, 0.4) is 0 Å². The van der Waals surface area contributed by atoms with Crippen LogP contribution >= 0.6 is 11.6 Å². The number of carbonyl (C=O) groups excluding carboxylic acids is 2. The van der Waals surface area contributed by atoms with Gasteiger partial charge in [0.15, 0.2) is 23.9 Å². The van der Waals surface area contributed by atoms with Crippen molar-refractivity contribution in [1.29, 1.82) is 0 Å². The molecule has 4 rings (SSSR count). The number of fused-ring (bicyclic) bond motifs is 1. The van der Waals surface area contributed by atoms with Crippen molar-refractivity contribution in [2.75, 3.05) is 25.6 Å². The van der Waals surface area contributed by atoms with Crippen LogP contribution in [-0.4, -0.2) is 86.7 Å². The maximum Gasteiger partial charge on any atom is 0.573 e. The first-order valence-corrected chi connectivity index (χ1v) is 13.1. The molecule has 43 heavy (non-hydrogen) atoms. The predicted molar refractivity (Wildman–Crippen MR) is 138 cm³/mol. The standard InChI is InChI=1S/C25H26ClF4N5O8/c1-3-39-21(37)24(22(38)40-4-2,9-12-5-7-13(8-6-12)43-25(28,29)30)41-10-14-17(36)15(27)20(42-14)35-11-32-16-18(31)33-23(26)34-19(16)35/h5-8,11,14-15,17,20,36H,3-4,9-10H2,1-2H3,(H2,31,33,34)/t14-,15+,17-,20-/m1/s1. The van der Waals surface area contributed by atoms with E-state index in [1.54, 1.807) is 0 Å². The van der Waals surface area contributed by atoms with Gasteiger partial charge in [-0.25, -0.2) is 19.0 Å². The molecule has 4 atom stereocenters. The number of hydrogen-bond acceptors (Lipinski definition) is 12. The molecule has 1 fully saturated rings. The molecule has 0 unspecified atom stereocenters. The second-order valence-corrected chi connectivity index (χ2v) is 9.49. The Morgan fingerprint density at radius 1 is 1.12 bits per heavy atom. The molecule has 3 heterocycles. The number of ether oxygens (including phenoxy) is 5. The molecule has 1 aromatic carbocycles. The third kappa shape index (κ3) is 6.90. The summed E-state index contributed by atoms with van der Waals surface area (Å²) in [5, 5.41) is 10.4. The molecule has 1 aliphatic rings. The second kappa shape index (κ2) is 12.8. The Morgan fingerprint density at radius 3 is 2.33 bits per heavy atom. The number of nitrogen functional groups attached to an aromatic ring is 1. The number of aromatic nitrogens is 4. The molecule has 0 saturated carbocycles. The highest BCUT2D eigenvalue weighted by atomic mass is 35.5. The zero-order valence-electron chi connectivity index (χ0n) is 22.6. The Bertz CT molecular complexity index is 1440. The molecule has 0 spiro atoms. The lowest BCUT2D eigenvalue weighted by Gasteiger charge is -2.30. The van der Waals surface area contributed by atoms with Crippen molar-refractivity contribution in [3.8, 4) is 5.75 Å². The fourth-order valence-corrected chi connectivity index (χ4v) is 4.55. The van der Waals surface area contributed by atoms with Crippen LogP contribution in [-0.2, 0) is 35.0 Å². The van der Waals surface area contributed by atoms with Crippen LogP contribution in [0.1, 0.15) is 25.6 Å². The molecule has 2 aromatic heterocycles. The van der Waals surface area contributed by atoms with Crippen LogP contribution in [0.25, 0.3) is 11.2 Å². The van der Waals surface area contributed by atoms with E-state index in [-0.39, 0.29) is 41.0 Å². The van der Waals surface area contributed by atoms with Gasteiger partial charge in [0.25, 0.3) is 5.60 Å². The summed E-state index contributed by atoms with van der Waals surface area (Å²) in [7, 11) is 0. The van der Waals surface area contributed by atoms with Crippen molar-refractivity contribution in [1.82, 2.24) is 19.5 Å². The number of nitrogens with two attached hydrogens (primary N) is 1. The van der Waals surface area contributed by atoms with E-state index in [0.29, 0.717) is 0 Å². The quantitative estimate of drug-likeness (QED) is 0.137. The molecule has 3 aromatic rings. The van der Waals surface area contributed by atoms with E-state index in [2.05, 4.69) is 19.7 Å². The van der Waals surface area contributed by atoms with Gasteiger partial charge in [-0.05, 0) is 43.1 Å². The maximum absolute atomic E-state index is 15.3. The van der Waals surface area contributed by atoms with Crippen molar-refractivity contribution >= 4 is 40.5 Å². The molecule has 1 aliphatic heterocycles. The number of aliphatic hydroxyl groups excluding tert-OH is 1. The van der Waals surface area contributed by atoms with Crippen LogP contribution in [0.2, 0.25) is 5.28 Å². The molecular formula is C25H26ClF4N5O8. The summed E-state index contributed by atoms with van der Waals surface area (Å²) in [6, 6.07) is 4.30. The molecular weight excluding hydrogens is 610 g/mol. The van der Waals surface area contributed by atoms with E-state index < -0.39 is 67.3 Å². The molecule has 0 aliphatic carbocycles. The number of anilines is 1. The van der Waals surface area contributed by atoms with Gasteiger partial charge in [-0.3, -0.25) is 4.57 Å². The molecule has 18 heteroatoms. The number of rotatable bonds is 11. The molecule has 3 N–H and O–H groups in total. The Balaban J connectivity index is 1.61. The monoisotopic (exact) mass is 635 g/mol. The number of imidazole rings is 1. The number of hydrogen-bond donors (Lipinski definition) is 2. The lowest BCUT2D eigenvalue weighted by atomic mass is 9.93. The molecule has 13 nitrogen and oxygen atoms in total. The number of aliphatic hydroxyl groups is 1.